The third kappa shape index (κ3) is 4.73. The van der Waals surface area contributed by atoms with Gasteiger partial charge in [-0.05, 0) is 24.6 Å². The number of carbonyl (C=O) groups excluding carboxylic acids is 1. The van der Waals surface area contributed by atoms with Crippen molar-refractivity contribution < 1.29 is 14.3 Å². The highest BCUT2D eigenvalue weighted by Gasteiger charge is 2.23. The first-order valence-corrected chi connectivity index (χ1v) is 11.1. The third-order valence-electron chi connectivity index (χ3n) is 5.24. The van der Waals surface area contributed by atoms with Gasteiger partial charge in [-0.25, -0.2) is 4.98 Å². The smallest absolute Gasteiger partial charge is 0.254 e. The molecule has 29 heavy (non-hydrogen) atoms. The number of hydrogen-bond donors (Lipinski definition) is 0. The van der Waals surface area contributed by atoms with Crippen LogP contribution in [0.2, 0.25) is 0 Å². The van der Waals surface area contributed by atoms with Crippen LogP contribution in [-0.2, 0) is 12.0 Å². The Morgan fingerprint density at radius 1 is 1.10 bits per heavy atom. The van der Waals surface area contributed by atoms with Crippen LogP contribution >= 0.6 is 11.3 Å². The molecule has 6 nitrogen and oxygen atoms in total. The maximum atomic E-state index is 13.0. The van der Waals surface area contributed by atoms with Gasteiger partial charge in [0.2, 0.25) is 0 Å². The summed E-state index contributed by atoms with van der Waals surface area (Å²) in [4.78, 5) is 22.2. The molecule has 0 unspecified atom stereocenters. The Bertz CT molecular complexity index is 874. The molecule has 4 rings (SSSR count). The van der Waals surface area contributed by atoms with Crippen LogP contribution in [0.3, 0.4) is 0 Å². The number of rotatable bonds is 3. The van der Waals surface area contributed by atoms with E-state index < -0.39 is 0 Å². The Hall–Kier alpha value is -2.12. The van der Waals surface area contributed by atoms with E-state index in [9.17, 15) is 4.79 Å². The molecule has 1 amide bonds. The van der Waals surface area contributed by atoms with Crippen LogP contribution < -0.4 is 9.47 Å². The van der Waals surface area contributed by atoms with Gasteiger partial charge in [0.1, 0.15) is 13.2 Å². The summed E-state index contributed by atoms with van der Waals surface area (Å²) in [5.41, 5.74) is 1.89. The van der Waals surface area contributed by atoms with Crippen molar-refractivity contribution in [1.29, 1.82) is 0 Å². The fourth-order valence-electron chi connectivity index (χ4n) is 3.64. The lowest BCUT2D eigenvalue weighted by molar-refractivity contribution is 0.0760. The molecule has 2 aliphatic heterocycles. The second-order valence-corrected chi connectivity index (χ2v) is 9.53. The summed E-state index contributed by atoms with van der Waals surface area (Å²) in [6.07, 6.45) is 0.965. The van der Waals surface area contributed by atoms with Crippen LogP contribution in [0.15, 0.2) is 23.6 Å². The second kappa shape index (κ2) is 8.32. The Morgan fingerprint density at radius 2 is 1.90 bits per heavy atom. The van der Waals surface area contributed by atoms with Crippen LogP contribution in [0.25, 0.3) is 0 Å². The summed E-state index contributed by atoms with van der Waals surface area (Å²) in [6, 6.07) is 5.48. The van der Waals surface area contributed by atoms with Gasteiger partial charge in [0.25, 0.3) is 5.91 Å². The third-order valence-corrected chi connectivity index (χ3v) is 6.56. The van der Waals surface area contributed by atoms with E-state index in [1.54, 1.807) is 11.3 Å². The van der Waals surface area contributed by atoms with E-state index in [0.717, 1.165) is 44.8 Å². The highest BCUT2D eigenvalue weighted by atomic mass is 32.1. The SMILES string of the molecule is CC(C)(C)c1nc(CN2CCCN(C(=O)c3ccc4c(c3)OCCO4)CC2)cs1. The summed E-state index contributed by atoms with van der Waals surface area (Å²) < 4.78 is 11.2. The number of benzene rings is 1. The highest BCUT2D eigenvalue weighted by molar-refractivity contribution is 7.09. The molecule has 0 N–H and O–H groups in total. The maximum Gasteiger partial charge on any atom is 0.254 e. The average molecular weight is 416 g/mol. The standard InChI is InChI=1S/C22H29N3O3S/c1-22(2,3)21-23-17(15-29-21)14-24-7-4-8-25(10-9-24)20(26)16-5-6-18-19(13-16)28-12-11-27-18/h5-6,13,15H,4,7-12,14H2,1-3H3. The van der Waals surface area contributed by atoms with Crippen molar-refractivity contribution in [2.45, 2.75) is 39.2 Å². The minimum absolute atomic E-state index is 0.0625. The molecule has 2 aliphatic rings. The van der Waals surface area contributed by atoms with Crippen molar-refractivity contribution >= 4 is 17.2 Å². The van der Waals surface area contributed by atoms with Crippen molar-refractivity contribution in [3.8, 4) is 11.5 Å². The normalized spacial score (nSPS) is 17.8. The minimum atomic E-state index is 0.0625. The van der Waals surface area contributed by atoms with E-state index in [1.807, 2.05) is 23.1 Å². The van der Waals surface area contributed by atoms with E-state index in [2.05, 4.69) is 31.1 Å². The molecule has 0 spiro atoms. The predicted molar refractivity (Wildman–Crippen MR) is 114 cm³/mol. The van der Waals surface area contributed by atoms with E-state index in [1.165, 1.54) is 5.01 Å². The van der Waals surface area contributed by atoms with Crippen molar-refractivity contribution in [2.24, 2.45) is 0 Å². The zero-order chi connectivity index (χ0) is 20.4. The molecule has 3 heterocycles. The lowest BCUT2D eigenvalue weighted by Gasteiger charge is -2.23. The fraction of sp³-hybridized carbons (Fsp3) is 0.545. The summed E-state index contributed by atoms with van der Waals surface area (Å²) in [5, 5.41) is 3.35. The average Bonchev–Trinajstić information content (AvgIpc) is 3.06. The summed E-state index contributed by atoms with van der Waals surface area (Å²) in [7, 11) is 0. The van der Waals surface area contributed by atoms with Crippen molar-refractivity contribution in [1.82, 2.24) is 14.8 Å². The number of carbonyl (C=O) groups is 1. The van der Waals surface area contributed by atoms with Gasteiger partial charge in [0.05, 0.1) is 10.7 Å². The van der Waals surface area contributed by atoms with E-state index in [-0.39, 0.29) is 11.3 Å². The van der Waals surface area contributed by atoms with Crippen LogP contribution in [0.1, 0.15) is 48.3 Å². The molecule has 2 aromatic rings. The fourth-order valence-corrected chi connectivity index (χ4v) is 4.54. The Morgan fingerprint density at radius 3 is 2.66 bits per heavy atom. The van der Waals surface area contributed by atoms with E-state index >= 15 is 0 Å². The van der Waals surface area contributed by atoms with Gasteiger partial charge in [0, 0.05) is 49.1 Å². The lowest BCUT2D eigenvalue weighted by atomic mass is 9.98. The van der Waals surface area contributed by atoms with Crippen LogP contribution in [0.4, 0.5) is 0 Å². The summed E-state index contributed by atoms with van der Waals surface area (Å²) in [6.45, 7) is 11.9. The zero-order valence-corrected chi connectivity index (χ0v) is 18.3. The van der Waals surface area contributed by atoms with Gasteiger partial charge < -0.3 is 14.4 Å². The van der Waals surface area contributed by atoms with Gasteiger partial charge >= 0.3 is 0 Å². The second-order valence-electron chi connectivity index (χ2n) is 8.67. The molecule has 0 radical (unpaired) electrons. The maximum absolute atomic E-state index is 13.0. The van der Waals surface area contributed by atoms with Crippen molar-refractivity contribution in [2.75, 3.05) is 39.4 Å². The molecule has 0 saturated carbocycles. The topological polar surface area (TPSA) is 54.9 Å². The molecule has 156 valence electrons. The lowest BCUT2D eigenvalue weighted by Crippen LogP contribution is -2.35. The first kappa shape index (κ1) is 20.2. The number of thiazole rings is 1. The number of aromatic nitrogens is 1. The minimum Gasteiger partial charge on any atom is -0.486 e. The Balaban J connectivity index is 1.37. The molecule has 1 aromatic carbocycles. The number of hydrogen-bond acceptors (Lipinski definition) is 6. The Labute approximate surface area is 176 Å². The molecular formula is C22H29N3O3S. The van der Waals surface area contributed by atoms with Crippen molar-refractivity contribution in [3.63, 3.8) is 0 Å². The van der Waals surface area contributed by atoms with Gasteiger partial charge in [0.15, 0.2) is 11.5 Å². The van der Waals surface area contributed by atoms with Gasteiger partial charge in [-0.3, -0.25) is 9.69 Å². The van der Waals surface area contributed by atoms with Crippen LogP contribution in [0.5, 0.6) is 11.5 Å². The van der Waals surface area contributed by atoms with Gasteiger partial charge in [-0.2, -0.15) is 0 Å². The molecule has 0 bridgehead atoms. The first-order chi connectivity index (χ1) is 13.9. The summed E-state index contributed by atoms with van der Waals surface area (Å²) >= 11 is 1.74. The molecule has 7 heteroatoms. The quantitative estimate of drug-likeness (QED) is 0.767. The molecular weight excluding hydrogens is 386 g/mol. The molecule has 1 aromatic heterocycles. The summed E-state index contributed by atoms with van der Waals surface area (Å²) in [5.74, 6) is 1.44. The van der Waals surface area contributed by atoms with Crippen LogP contribution in [-0.4, -0.2) is 60.1 Å². The van der Waals surface area contributed by atoms with Gasteiger partial charge in [-0.15, -0.1) is 11.3 Å². The van der Waals surface area contributed by atoms with Crippen molar-refractivity contribution in [3.05, 3.63) is 39.8 Å². The number of nitrogens with zero attached hydrogens (tertiary/aromatic N) is 3. The van der Waals surface area contributed by atoms with Gasteiger partial charge in [-0.1, -0.05) is 20.8 Å². The first-order valence-electron chi connectivity index (χ1n) is 10.3. The molecule has 1 saturated heterocycles. The monoisotopic (exact) mass is 415 g/mol. The number of fused-ring (bicyclic) bond motifs is 1. The molecule has 0 aliphatic carbocycles. The zero-order valence-electron chi connectivity index (χ0n) is 17.4. The van der Waals surface area contributed by atoms with E-state index in [0.29, 0.717) is 30.3 Å². The number of amides is 1. The highest BCUT2D eigenvalue weighted by Crippen LogP contribution is 2.31. The molecule has 0 atom stereocenters. The molecule has 1 fully saturated rings. The Kier molecular flexibility index (Phi) is 5.79. The largest absolute Gasteiger partial charge is 0.486 e. The predicted octanol–water partition coefficient (Wildman–Crippen LogP) is 3.56. The number of ether oxygens (including phenoxy) is 2. The van der Waals surface area contributed by atoms with Crippen LogP contribution in [0, 0.1) is 0 Å². The van der Waals surface area contributed by atoms with E-state index in [4.69, 9.17) is 14.5 Å².